The van der Waals surface area contributed by atoms with Crippen LogP contribution < -0.4 is 14.9 Å². The van der Waals surface area contributed by atoms with Gasteiger partial charge in [0, 0.05) is 5.56 Å². The number of furan rings is 1. The number of nitrogens with one attached hydrogen (secondary N) is 1. The van der Waals surface area contributed by atoms with E-state index in [2.05, 4.69) is 10.5 Å². The van der Waals surface area contributed by atoms with E-state index >= 15 is 0 Å². The van der Waals surface area contributed by atoms with Gasteiger partial charge in [0.15, 0.2) is 17.3 Å². The van der Waals surface area contributed by atoms with Crippen molar-refractivity contribution in [3.05, 3.63) is 82.5 Å². The summed E-state index contributed by atoms with van der Waals surface area (Å²) in [6.45, 7) is 2.20. The van der Waals surface area contributed by atoms with Gasteiger partial charge in [0.1, 0.15) is 12.4 Å². The van der Waals surface area contributed by atoms with Crippen LogP contribution in [0.2, 0.25) is 5.02 Å². The topological polar surface area (TPSA) is 73.1 Å². The second-order valence-corrected chi connectivity index (χ2v) is 6.21. The normalized spacial score (nSPS) is 10.9. The molecule has 150 valence electrons. The molecule has 0 saturated carbocycles. The molecule has 0 spiro atoms. The fraction of sp³-hybridized carbons (Fsp3) is 0.143. The molecular formula is C21H18ClFN2O4. The average molecular weight is 417 g/mol. The van der Waals surface area contributed by atoms with Crippen molar-refractivity contribution in [3.63, 3.8) is 0 Å². The van der Waals surface area contributed by atoms with E-state index in [4.69, 9.17) is 25.5 Å². The van der Waals surface area contributed by atoms with Crippen molar-refractivity contribution >= 4 is 23.7 Å². The highest BCUT2D eigenvalue weighted by Crippen LogP contribution is 2.30. The number of ether oxygens (including phenoxy) is 2. The Bertz CT molecular complexity index is 986. The molecule has 1 aromatic heterocycles. The van der Waals surface area contributed by atoms with Crippen LogP contribution in [0, 0.1) is 5.82 Å². The van der Waals surface area contributed by atoms with Gasteiger partial charge in [0.05, 0.1) is 24.1 Å². The third-order valence-electron chi connectivity index (χ3n) is 3.83. The van der Waals surface area contributed by atoms with Crippen molar-refractivity contribution in [2.75, 3.05) is 6.61 Å². The predicted octanol–water partition coefficient (Wildman–Crippen LogP) is 4.81. The Labute approximate surface area is 171 Å². The van der Waals surface area contributed by atoms with Crippen molar-refractivity contribution in [2.24, 2.45) is 5.10 Å². The lowest BCUT2D eigenvalue weighted by atomic mass is 10.2. The summed E-state index contributed by atoms with van der Waals surface area (Å²) in [6, 6.07) is 12.7. The maximum atomic E-state index is 13.9. The van der Waals surface area contributed by atoms with Crippen LogP contribution in [0.4, 0.5) is 4.39 Å². The lowest BCUT2D eigenvalue weighted by Crippen LogP contribution is -2.16. The Kier molecular flexibility index (Phi) is 6.86. The molecule has 0 unspecified atom stereocenters. The van der Waals surface area contributed by atoms with E-state index in [1.54, 1.807) is 30.3 Å². The highest BCUT2D eigenvalue weighted by atomic mass is 35.5. The summed E-state index contributed by atoms with van der Waals surface area (Å²) in [5.74, 6) is 0.154. The first-order valence-corrected chi connectivity index (χ1v) is 9.15. The molecule has 0 aliphatic rings. The van der Waals surface area contributed by atoms with Crippen LogP contribution in [0.5, 0.6) is 11.5 Å². The quantitative estimate of drug-likeness (QED) is 0.422. The molecule has 3 rings (SSSR count). The molecule has 2 aromatic carbocycles. The molecule has 1 amide bonds. The maximum absolute atomic E-state index is 13.9. The number of benzene rings is 2. The molecule has 29 heavy (non-hydrogen) atoms. The molecule has 0 radical (unpaired) electrons. The summed E-state index contributed by atoms with van der Waals surface area (Å²) in [5, 5.41) is 4.19. The zero-order chi connectivity index (χ0) is 20.6. The third-order valence-corrected chi connectivity index (χ3v) is 4.18. The van der Waals surface area contributed by atoms with Crippen molar-refractivity contribution < 1.29 is 23.1 Å². The van der Waals surface area contributed by atoms with Crippen molar-refractivity contribution in [1.82, 2.24) is 5.43 Å². The van der Waals surface area contributed by atoms with Crippen molar-refractivity contribution in [1.29, 1.82) is 0 Å². The van der Waals surface area contributed by atoms with E-state index in [9.17, 15) is 9.18 Å². The smallest absolute Gasteiger partial charge is 0.307 e. The number of halogens is 2. The number of carbonyl (C=O) groups excluding carboxylic acids is 1. The molecule has 1 N–H and O–H groups in total. The van der Waals surface area contributed by atoms with E-state index < -0.39 is 11.7 Å². The van der Waals surface area contributed by atoms with Gasteiger partial charge in [0.25, 0.3) is 0 Å². The van der Waals surface area contributed by atoms with Gasteiger partial charge in [-0.15, -0.1) is 0 Å². The largest absolute Gasteiger partial charge is 0.490 e. The fourth-order valence-electron chi connectivity index (χ4n) is 2.44. The number of rotatable bonds is 8. The van der Waals surface area contributed by atoms with E-state index in [0.717, 1.165) is 0 Å². The van der Waals surface area contributed by atoms with Gasteiger partial charge in [-0.1, -0.05) is 17.7 Å². The average Bonchev–Trinajstić information content (AvgIpc) is 3.24. The molecule has 0 fully saturated rings. The fourth-order valence-corrected chi connectivity index (χ4v) is 2.66. The minimum Gasteiger partial charge on any atom is -0.490 e. The van der Waals surface area contributed by atoms with Gasteiger partial charge in [-0.05, 0) is 55.0 Å². The van der Waals surface area contributed by atoms with Crippen molar-refractivity contribution in [2.45, 2.75) is 13.5 Å². The van der Waals surface area contributed by atoms with Gasteiger partial charge in [-0.2, -0.15) is 5.10 Å². The molecule has 0 aliphatic carbocycles. The molecule has 3 aromatic rings. The lowest BCUT2D eigenvalue weighted by molar-refractivity contribution is 0.0927. The monoisotopic (exact) mass is 416 g/mol. The molecule has 0 aliphatic heterocycles. The van der Waals surface area contributed by atoms with Crippen LogP contribution in [0.1, 0.15) is 28.6 Å². The number of hydrogen-bond acceptors (Lipinski definition) is 5. The van der Waals surface area contributed by atoms with E-state index in [1.807, 2.05) is 6.92 Å². The molecular weight excluding hydrogens is 399 g/mol. The standard InChI is InChI=1S/C21H18ClFN2O4/c1-2-27-20-11-14(12-24-25-21(26)19-7-4-10-28-19)8-9-18(20)29-13-15-16(22)5-3-6-17(15)23/h3-12H,2,13H2,1H3,(H,25,26)/b24-12-. The van der Waals surface area contributed by atoms with Crippen molar-refractivity contribution in [3.8, 4) is 11.5 Å². The second kappa shape index (κ2) is 9.75. The summed E-state index contributed by atoms with van der Waals surface area (Å²) >= 11 is 6.03. The molecule has 0 saturated heterocycles. The Balaban J connectivity index is 1.69. The van der Waals surface area contributed by atoms with Gasteiger partial charge in [0.2, 0.25) is 0 Å². The summed E-state index contributed by atoms with van der Waals surface area (Å²) < 4.78 is 30.2. The van der Waals surface area contributed by atoms with E-state index in [-0.39, 0.29) is 17.9 Å². The lowest BCUT2D eigenvalue weighted by Gasteiger charge is -2.13. The number of hydrazone groups is 1. The van der Waals surface area contributed by atoms with Gasteiger partial charge >= 0.3 is 5.91 Å². The first-order chi connectivity index (χ1) is 14.1. The highest BCUT2D eigenvalue weighted by molar-refractivity contribution is 6.31. The third kappa shape index (κ3) is 5.36. The van der Waals surface area contributed by atoms with Crippen LogP contribution >= 0.6 is 11.6 Å². The summed E-state index contributed by atoms with van der Waals surface area (Å²) in [4.78, 5) is 11.8. The minimum absolute atomic E-state index is 0.0434. The van der Waals surface area contributed by atoms with Crippen LogP contribution in [0.3, 0.4) is 0 Å². The zero-order valence-electron chi connectivity index (χ0n) is 15.5. The Morgan fingerprint density at radius 2 is 2.07 bits per heavy atom. The Morgan fingerprint density at radius 3 is 2.79 bits per heavy atom. The maximum Gasteiger partial charge on any atom is 0.307 e. The number of amides is 1. The van der Waals surface area contributed by atoms with E-state index in [0.29, 0.717) is 28.7 Å². The van der Waals surface area contributed by atoms with Gasteiger partial charge < -0.3 is 13.9 Å². The molecule has 0 bridgehead atoms. The number of carbonyl (C=O) groups is 1. The highest BCUT2D eigenvalue weighted by Gasteiger charge is 2.11. The first-order valence-electron chi connectivity index (χ1n) is 8.78. The van der Waals surface area contributed by atoms with Crippen LogP contribution in [0.25, 0.3) is 0 Å². The summed E-state index contributed by atoms with van der Waals surface area (Å²) in [5.41, 5.74) is 3.30. The second-order valence-electron chi connectivity index (χ2n) is 5.80. The Hall–Kier alpha value is -3.32. The Morgan fingerprint density at radius 1 is 1.21 bits per heavy atom. The SMILES string of the molecule is CCOc1cc(/C=N\NC(=O)c2ccco2)ccc1OCc1c(F)cccc1Cl. The molecule has 1 heterocycles. The van der Waals surface area contributed by atoms with Crippen LogP contribution in [0.15, 0.2) is 64.3 Å². The minimum atomic E-state index is -0.460. The number of hydrogen-bond donors (Lipinski definition) is 1. The predicted molar refractivity (Wildman–Crippen MR) is 107 cm³/mol. The van der Waals surface area contributed by atoms with Crippen LogP contribution in [-0.4, -0.2) is 18.7 Å². The number of nitrogens with zero attached hydrogens (tertiary/aromatic N) is 1. The summed E-state index contributed by atoms with van der Waals surface area (Å²) in [6.07, 6.45) is 2.86. The molecule has 0 atom stereocenters. The van der Waals surface area contributed by atoms with Gasteiger partial charge in [-0.3, -0.25) is 4.79 Å². The summed E-state index contributed by atoms with van der Waals surface area (Å²) in [7, 11) is 0. The van der Waals surface area contributed by atoms with Crippen LogP contribution in [-0.2, 0) is 6.61 Å². The van der Waals surface area contributed by atoms with Gasteiger partial charge in [-0.25, -0.2) is 9.82 Å². The first kappa shape index (κ1) is 20.4. The molecule has 8 heteroatoms. The zero-order valence-corrected chi connectivity index (χ0v) is 16.3. The molecule has 6 nitrogen and oxygen atoms in total. The van der Waals surface area contributed by atoms with E-state index in [1.165, 1.54) is 30.7 Å².